The fourth-order valence-electron chi connectivity index (χ4n) is 1.07. The summed E-state index contributed by atoms with van der Waals surface area (Å²) in [5, 5.41) is 18.1. The molecule has 3 nitrogen and oxygen atoms in total. The summed E-state index contributed by atoms with van der Waals surface area (Å²) < 4.78 is 0. The molecule has 0 aromatic heterocycles. The van der Waals surface area contributed by atoms with E-state index >= 15 is 0 Å². The molecule has 0 bridgehead atoms. The second-order valence-electron chi connectivity index (χ2n) is 2.73. The zero-order chi connectivity index (χ0) is 9.30. The summed E-state index contributed by atoms with van der Waals surface area (Å²) in [6.45, 7) is 3.32. The first-order valence-corrected chi connectivity index (χ1v) is 3.56. The van der Waals surface area contributed by atoms with Crippen LogP contribution in [0.4, 0.5) is 0 Å². The Kier molecular flexibility index (Phi) is 4.08. The fourth-order valence-corrected chi connectivity index (χ4v) is 1.07. The van der Waals surface area contributed by atoms with Crippen molar-refractivity contribution in [2.75, 3.05) is 0 Å². The average Bonchev–Trinajstić information content (AvgIpc) is 1.97. The third kappa shape index (κ3) is 2.28. The zero-order valence-electron chi connectivity index (χ0n) is 7.66. The molecule has 0 radical (unpaired) electrons. The first-order chi connectivity index (χ1) is 5.54. The second-order valence-corrected chi connectivity index (χ2v) is 2.73. The third-order valence-corrected chi connectivity index (χ3v) is 1.80. The molecule has 0 saturated heterocycles. The number of phenols is 1. The van der Waals surface area contributed by atoms with Crippen molar-refractivity contribution in [2.24, 2.45) is 0 Å². The quantitative estimate of drug-likeness (QED) is 0.724. The molecule has 0 aliphatic rings. The van der Waals surface area contributed by atoms with Crippen molar-refractivity contribution >= 4 is 5.97 Å². The molecule has 0 spiro atoms. The summed E-state index contributed by atoms with van der Waals surface area (Å²) in [6.07, 6.45) is 0. The molecule has 0 aliphatic heterocycles. The van der Waals surface area contributed by atoms with Crippen LogP contribution in [0.25, 0.3) is 0 Å². The van der Waals surface area contributed by atoms with Gasteiger partial charge in [-0.1, -0.05) is 12.1 Å². The molecule has 13 heavy (non-hydrogen) atoms. The van der Waals surface area contributed by atoms with E-state index in [1.807, 2.05) is 0 Å². The van der Waals surface area contributed by atoms with Crippen molar-refractivity contribution in [3.63, 3.8) is 0 Å². The number of benzene rings is 1. The molecule has 0 heterocycles. The minimum atomic E-state index is -1.09. The summed E-state index contributed by atoms with van der Waals surface area (Å²) in [5.41, 5.74) is 1.15. The standard InChI is InChI=1S/C9H10O3.Zn/c1-5-3-4-6(2)8(10)7(5)9(11)12;/h3-4,10H,1-2H3,(H,11,12);. The Morgan fingerprint density at radius 2 is 1.69 bits per heavy atom. The van der Waals surface area contributed by atoms with Crippen molar-refractivity contribution in [1.82, 2.24) is 0 Å². The van der Waals surface area contributed by atoms with Gasteiger partial charge in [-0.25, -0.2) is 4.79 Å². The molecule has 0 saturated carbocycles. The third-order valence-electron chi connectivity index (χ3n) is 1.80. The maximum absolute atomic E-state index is 10.6. The van der Waals surface area contributed by atoms with E-state index in [4.69, 9.17) is 5.11 Å². The van der Waals surface area contributed by atoms with Gasteiger partial charge in [0, 0.05) is 19.5 Å². The van der Waals surface area contributed by atoms with Gasteiger partial charge in [0.1, 0.15) is 11.3 Å². The summed E-state index contributed by atoms with van der Waals surface area (Å²) in [4.78, 5) is 10.6. The van der Waals surface area contributed by atoms with E-state index in [1.54, 1.807) is 26.0 Å². The minimum absolute atomic E-state index is 0. The number of carbonyl (C=O) groups is 1. The van der Waals surface area contributed by atoms with Gasteiger partial charge in [-0.15, -0.1) is 0 Å². The Hall–Kier alpha value is -0.887. The molecule has 66 valence electrons. The van der Waals surface area contributed by atoms with Gasteiger partial charge in [-0.05, 0) is 25.0 Å². The Morgan fingerprint density at radius 1 is 1.23 bits per heavy atom. The summed E-state index contributed by atoms with van der Waals surface area (Å²) in [5.74, 6) is -1.23. The van der Waals surface area contributed by atoms with Crippen LogP contribution in [0.2, 0.25) is 0 Å². The number of hydrogen-bond acceptors (Lipinski definition) is 2. The number of aromatic hydroxyl groups is 1. The van der Waals surface area contributed by atoms with Crippen molar-refractivity contribution in [3.05, 3.63) is 28.8 Å². The SMILES string of the molecule is Cc1ccc(C)c(C(=O)O)c1O.[Zn]. The van der Waals surface area contributed by atoms with Gasteiger partial charge >= 0.3 is 5.97 Å². The van der Waals surface area contributed by atoms with E-state index < -0.39 is 5.97 Å². The molecule has 0 unspecified atom stereocenters. The van der Waals surface area contributed by atoms with Gasteiger partial charge < -0.3 is 10.2 Å². The number of carboxylic acids is 1. The Bertz CT molecular complexity index is 334. The predicted octanol–water partition coefficient (Wildman–Crippen LogP) is 1.70. The number of carboxylic acid groups (broad SMARTS) is 1. The Balaban J connectivity index is 0.00000144. The molecular weight excluding hydrogens is 221 g/mol. The van der Waals surface area contributed by atoms with Crippen LogP contribution in [-0.4, -0.2) is 16.2 Å². The molecule has 0 atom stereocenters. The maximum atomic E-state index is 10.6. The molecule has 1 aromatic rings. The first-order valence-electron chi connectivity index (χ1n) is 3.56. The van der Waals surface area contributed by atoms with Crippen molar-refractivity contribution in [2.45, 2.75) is 13.8 Å². The van der Waals surface area contributed by atoms with Crippen LogP contribution >= 0.6 is 0 Å². The molecule has 4 heteroatoms. The topological polar surface area (TPSA) is 57.5 Å². The van der Waals surface area contributed by atoms with Crippen LogP contribution in [0.1, 0.15) is 21.5 Å². The van der Waals surface area contributed by atoms with Crippen LogP contribution in [0, 0.1) is 13.8 Å². The normalized spacial score (nSPS) is 9.08. The van der Waals surface area contributed by atoms with Gasteiger partial charge in [0.2, 0.25) is 0 Å². The largest absolute Gasteiger partial charge is 0.507 e. The van der Waals surface area contributed by atoms with Crippen molar-refractivity contribution in [3.8, 4) is 5.75 Å². The molecule has 0 amide bonds. The summed E-state index contributed by atoms with van der Waals surface area (Å²) in [6, 6.07) is 3.37. The number of rotatable bonds is 1. The maximum Gasteiger partial charge on any atom is 0.339 e. The van der Waals surface area contributed by atoms with Crippen LogP contribution in [0.15, 0.2) is 12.1 Å². The van der Waals surface area contributed by atoms with E-state index in [9.17, 15) is 9.90 Å². The van der Waals surface area contributed by atoms with Crippen LogP contribution in [0.3, 0.4) is 0 Å². The summed E-state index contributed by atoms with van der Waals surface area (Å²) in [7, 11) is 0. The summed E-state index contributed by atoms with van der Waals surface area (Å²) >= 11 is 0. The first kappa shape index (κ1) is 12.1. The van der Waals surface area contributed by atoms with Gasteiger partial charge in [0.15, 0.2) is 0 Å². The van der Waals surface area contributed by atoms with E-state index in [0.717, 1.165) is 0 Å². The zero-order valence-corrected chi connectivity index (χ0v) is 10.6. The molecule has 2 N–H and O–H groups in total. The molecule has 1 rings (SSSR count). The van der Waals surface area contributed by atoms with Gasteiger partial charge in [-0.3, -0.25) is 0 Å². The van der Waals surface area contributed by atoms with Crippen LogP contribution in [0.5, 0.6) is 5.75 Å². The Labute approximate surface area is 89.2 Å². The number of aromatic carboxylic acids is 1. The van der Waals surface area contributed by atoms with Gasteiger partial charge in [-0.2, -0.15) is 0 Å². The van der Waals surface area contributed by atoms with E-state index in [0.29, 0.717) is 11.1 Å². The predicted molar refractivity (Wildman–Crippen MR) is 44.5 cm³/mol. The monoisotopic (exact) mass is 230 g/mol. The minimum Gasteiger partial charge on any atom is -0.507 e. The van der Waals surface area contributed by atoms with E-state index in [1.165, 1.54) is 0 Å². The smallest absolute Gasteiger partial charge is 0.339 e. The fraction of sp³-hybridized carbons (Fsp3) is 0.222. The molecule has 0 aliphatic carbocycles. The average molecular weight is 232 g/mol. The van der Waals surface area contributed by atoms with Gasteiger partial charge in [0.05, 0.1) is 0 Å². The van der Waals surface area contributed by atoms with Crippen molar-refractivity contribution in [1.29, 1.82) is 0 Å². The molecule has 1 aromatic carbocycles. The second kappa shape index (κ2) is 4.38. The van der Waals surface area contributed by atoms with E-state index in [2.05, 4.69) is 0 Å². The van der Waals surface area contributed by atoms with E-state index in [-0.39, 0.29) is 30.8 Å². The van der Waals surface area contributed by atoms with Crippen LogP contribution < -0.4 is 0 Å². The van der Waals surface area contributed by atoms with Crippen molar-refractivity contribution < 1.29 is 34.5 Å². The molecule has 0 fully saturated rings. The molecular formula is C9H10O3Zn. The Morgan fingerprint density at radius 3 is 2.08 bits per heavy atom. The number of hydrogen-bond donors (Lipinski definition) is 2. The van der Waals surface area contributed by atoms with Crippen LogP contribution in [-0.2, 0) is 19.5 Å². The van der Waals surface area contributed by atoms with Gasteiger partial charge in [0.25, 0.3) is 0 Å². The number of aryl methyl sites for hydroxylation is 2.